The van der Waals surface area contributed by atoms with E-state index in [1.165, 1.54) is 30.5 Å². The number of halogens is 2. The van der Waals surface area contributed by atoms with Gasteiger partial charge in [-0.2, -0.15) is 9.57 Å². The van der Waals surface area contributed by atoms with E-state index in [1.807, 2.05) is 6.07 Å². The van der Waals surface area contributed by atoms with E-state index in [4.69, 9.17) is 15.1 Å². The molecule has 1 saturated heterocycles. The summed E-state index contributed by atoms with van der Waals surface area (Å²) < 4.78 is 56.9. The van der Waals surface area contributed by atoms with Crippen LogP contribution in [-0.4, -0.2) is 54.4 Å². The van der Waals surface area contributed by atoms with Crippen molar-refractivity contribution in [1.29, 1.82) is 5.26 Å². The highest BCUT2D eigenvalue weighted by Gasteiger charge is 2.49. The van der Waals surface area contributed by atoms with E-state index >= 15 is 0 Å². The number of nitrogens with zero attached hydrogens (tertiary/aromatic N) is 3. The van der Waals surface area contributed by atoms with E-state index in [2.05, 4.69) is 4.98 Å². The van der Waals surface area contributed by atoms with Crippen LogP contribution in [0.5, 0.6) is 5.75 Å². The molecule has 0 spiro atoms. The quantitative estimate of drug-likeness (QED) is 0.771. The van der Waals surface area contributed by atoms with Crippen molar-refractivity contribution in [1.82, 2.24) is 9.29 Å². The number of carboxylic acids is 1. The second-order valence-electron chi connectivity index (χ2n) is 6.04. The number of pyridine rings is 1. The summed E-state index contributed by atoms with van der Waals surface area (Å²) in [6.07, 6.45) is 2.33. The van der Waals surface area contributed by atoms with E-state index in [0.717, 1.165) is 6.20 Å². The molecule has 11 heteroatoms. The van der Waals surface area contributed by atoms with Gasteiger partial charge in [0.25, 0.3) is 5.92 Å². The fourth-order valence-electron chi connectivity index (χ4n) is 2.59. The van der Waals surface area contributed by atoms with E-state index in [9.17, 15) is 22.0 Å². The number of nitriles is 1. The molecule has 0 unspecified atom stereocenters. The topological polar surface area (TPSA) is 121 Å². The number of ether oxygens (including phenoxy) is 1. The molecule has 1 N–H and O–H groups in total. The second kappa shape index (κ2) is 7.14. The molecule has 8 nitrogen and oxygen atoms in total. The molecule has 1 fully saturated rings. The van der Waals surface area contributed by atoms with Crippen LogP contribution < -0.4 is 4.74 Å². The number of alkyl halides is 2. The number of carbonyl (C=O) groups is 1. The average molecular weight is 409 g/mol. The highest BCUT2D eigenvalue weighted by molar-refractivity contribution is 7.89. The molecular formula is C17H13F2N3O5S. The van der Waals surface area contributed by atoms with E-state index < -0.39 is 41.6 Å². The van der Waals surface area contributed by atoms with Crippen molar-refractivity contribution in [2.75, 3.05) is 19.7 Å². The number of hydrogen-bond acceptors (Lipinski definition) is 6. The Kier molecular flexibility index (Phi) is 5.01. The summed E-state index contributed by atoms with van der Waals surface area (Å²) in [6, 6.07) is 7.32. The fraction of sp³-hybridized carbons (Fsp3) is 0.235. The summed E-state index contributed by atoms with van der Waals surface area (Å²) >= 11 is 0. The highest BCUT2D eigenvalue weighted by atomic mass is 32.2. The van der Waals surface area contributed by atoms with Gasteiger partial charge in [0.1, 0.15) is 10.6 Å². The van der Waals surface area contributed by atoms with E-state index in [1.54, 1.807) is 0 Å². The number of carboxylic acid groups (broad SMARTS) is 1. The Balaban J connectivity index is 2.00. The number of sulfonamides is 1. The molecule has 0 radical (unpaired) electrons. The molecule has 0 atom stereocenters. The van der Waals surface area contributed by atoms with Crippen LogP contribution in [0.25, 0.3) is 11.1 Å². The summed E-state index contributed by atoms with van der Waals surface area (Å²) in [5.41, 5.74) is 0.706. The summed E-state index contributed by atoms with van der Waals surface area (Å²) in [4.78, 5) is 14.3. The van der Waals surface area contributed by atoms with Crippen LogP contribution >= 0.6 is 0 Å². The first kappa shape index (κ1) is 19.7. The van der Waals surface area contributed by atoms with E-state index in [-0.39, 0.29) is 27.3 Å². The van der Waals surface area contributed by atoms with Gasteiger partial charge >= 0.3 is 5.97 Å². The Morgan fingerprint density at radius 1 is 1.32 bits per heavy atom. The lowest BCUT2D eigenvalue weighted by Gasteiger charge is -2.37. The van der Waals surface area contributed by atoms with Gasteiger partial charge in [0.2, 0.25) is 10.0 Å². The first-order chi connectivity index (χ1) is 13.1. The van der Waals surface area contributed by atoms with Crippen LogP contribution in [0, 0.1) is 11.3 Å². The maximum atomic E-state index is 13.0. The Bertz CT molecular complexity index is 1070. The molecule has 0 aliphatic carbocycles. The third-order valence-electron chi connectivity index (χ3n) is 3.94. The van der Waals surface area contributed by atoms with Crippen LogP contribution in [0.1, 0.15) is 5.56 Å². The third-order valence-corrected chi connectivity index (χ3v) is 5.69. The molecule has 0 bridgehead atoms. The zero-order valence-electron chi connectivity index (χ0n) is 14.2. The van der Waals surface area contributed by atoms with Crippen LogP contribution in [0.2, 0.25) is 0 Å². The van der Waals surface area contributed by atoms with Crippen molar-refractivity contribution < 1.29 is 31.8 Å². The maximum absolute atomic E-state index is 13.0. The van der Waals surface area contributed by atoms with Gasteiger partial charge in [0.15, 0.2) is 6.61 Å². The zero-order chi connectivity index (χ0) is 20.5. The van der Waals surface area contributed by atoms with Gasteiger partial charge in [0.05, 0.1) is 24.7 Å². The lowest BCUT2D eigenvalue weighted by atomic mass is 10.0. The lowest BCUT2D eigenvalue weighted by Crippen LogP contribution is -2.58. The molecule has 1 aromatic heterocycles. The standard InChI is InChI=1S/C17H13F2N3O5S/c18-17(19)9-22(10-17)28(25,26)13-4-12(6-21-7-13)14-3-11(5-20)1-2-15(14)27-8-16(23)24/h1-4,6-7H,8-10H2,(H,23,24). The van der Waals surface area contributed by atoms with Crippen molar-refractivity contribution in [2.45, 2.75) is 10.8 Å². The first-order valence-electron chi connectivity index (χ1n) is 7.84. The highest BCUT2D eigenvalue weighted by Crippen LogP contribution is 2.35. The Labute approximate surface area is 158 Å². The van der Waals surface area contributed by atoms with Crippen molar-refractivity contribution in [3.8, 4) is 22.9 Å². The summed E-state index contributed by atoms with van der Waals surface area (Å²) in [5.74, 6) is -4.17. The van der Waals surface area contributed by atoms with Crippen LogP contribution in [0.4, 0.5) is 8.78 Å². The van der Waals surface area contributed by atoms with Crippen molar-refractivity contribution in [2.24, 2.45) is 0 Å². The summed E-state index contributed by atoms with van der Waals surface area (Å²) in [6.45, 7) is -2.46. The lowest BCUT2D eigenvalue weighted by molar-refractivity contribution is -0.139. The minimum Gasteiger partial charge on any atom is -0.481 e. The van der Waals surface area contributed by atoms with Gasteiger partial charge in [0, 0.05) is 23.5 Å². The molecule has 2 heterocycles. The van der Waals surface area contributed by atoms with Gasteiger partial charge in [-0.25, -0.2) is 22.0 Å². The molecule has 3 rings (SSSR count). The van der Waals surface area contributed by atoms with Crippen LogP contribution in [-0.2, 0) is 14.8 Å². The molecule has 2 aromatic rings. The van der Waals surface area contributed by atoms with Gasteiger partial charge in [-0.15, -0.1) is 0 Å². The third kappa shape index (κ3) is 3.92. The Morgan fingerprint density at radius 2 is 2.04 bits per heavy atom. The predicted octanol–water partition coefficient (Wildman–Crippen LogP) is 1.72. The van der Waals surface area contributed by atoms with Crippen LogP contribution in [0.15, 0.2) is 41.6 Å². The van der Waals surface area contributed by atoms with Crippen molar-refractivity contribution in [3.63, 3.8) is 0 Å². The van der Waals surface area contributed by atoms with Gasteiger partial charge < -0.3 is 9.84 Å². The van der Waals surface area contributed by atoms with Gasteiger partial charge in [-0.1, -0.05) is 0 Å². The second-order valence-corrected chi connectivity index (χ2v) is 7.98. The molecule has 28 heavy (non-hydrogen) atoms. The predicted molar refractivity (Wildman–Crippen MR) is 91.2 cm³/mol. The SMILES string of the molecule is N#Cc1ccc(OCC(=O)O)c(-c2cncc(S(=O)(=O)N3CC(F)(F)C3)c2)c1. The number of benzene rings is 1. The minimum absolute atomic E-state index is 0.105. The molecule has 1 aliphatic rings. The Morgan fingerprint density at radius 3 is 2.64 bits per heavy atom. The minimum atomic E-state index is -4.17. The normalized spacial score (nSPS) is 16.0. The smallest absolute Gasteiger partial charge is 0.341 e. The molecule has 1 aliphatic heterocycles. The van der Waals surface area contributed by atoms with Gasteiger partial charge in [-0.05, 0) is 24.3 Å². The molecular weight excluding hydrogens is 396 g/mol. The van der Waals surface area contributed by atoms with Gasteiger partial charge in [-0.3, -0.25) is 4.98 Å². The van der Waals surface area contributed by atoms with E-state index in [0.29, 0.717) is 4.31 Å². The van der Waals surface area contributed by atoms with Crippen molar-refractivity contribution in [3.05, 3.63) is 42.2 Å². The summed E-state index contributed by atoms with van der Waals surface area (Å²) in [7, 11) is -4.17. The molecule has 146 valence electrons. The number of aliphatic carboxylic acids is 1. The molecule has 1 aromatic carbocycles. The molecule has 0 amide bonds. The average Bonchev–Trinajstić information content (AvgIpc) is 2.64. The van der Waals surface area contributed by atoms with Crippen molar-refractivity contribution >= 4 is 16.0 Å². The monoisotopic (exact) mass is 409 g/mol. The molecule has 0 saturated carbocycles. The summed E-state index contributed by atoms with van der Waals surface area (Å²) in [5, 5.41) is 17.9. The zero-order valence-corrected chi connectivity index (χ0v) is 15.0. The van der Waals surface area contributed by atoms with Crippen LogP contribution in [0.3, 0.4) is 0 Å². The maximum Gasteiger partial charge on any atom is 0.341 e. The number of rotatable bonds is 6. The first-order valence-corrected chi connectivity index (χ1v) is 9.28. The largest absolute Gasteiger partial charge is 0.481 e. The number of hydrogen-bond donors (Lipinski definition) is 1. The fourth-order valence-corrected chi connectivity index (χ4v) is 4.07. The Hall–Kier alpha value is -3.10. The number of aromatic nitrogens is 1.